The lowest BCUT2D eigenvalue weighted by atomic mass is 9.86. The Hall–Kier alpha value is -3.85. The molecular formula is C35H54N6O8S. The van der Waals surface area contributed by atoms with Crippen molar-refractivity contribution in [2.75, 3.05) is 27.2 Å². The van der Waals surface area contributed by atoms with Crippen LogP contribution in [0.25, 0.3) is 0 Å². The molecule has 1 saturated heterocycles. The summed E-state index contributed by atoms with van der Waals surface area (Å²) >= 11 is 0. The van der Waals surface area contributed by atoms with Crippen LogP contribution in [0.1, 0.15) is 79.8 Å². The summed E-state index contributed by atoms with van der Waals surface area (Å²) in [6.07, 6.45) is 0.554. The van der Waals surface area contributed by atoms with E-state index in [-0.39, 0.29) is 36.1 Å². The van der Waals surface area contributed by atoms with Gasteiger partial charge in [0.1, 0.15) is 18.1 Å². The fourth-order valence-corrected chi connectivity index (χ4v) is 7.56. The van der Waals surface area contributed by atoms with Crippen LogP contribution in [-0.2, 0) is 38.8 Å². The van der Waals surface area contributed by atoms with Gasteiger partial charge in [0.05, 0.1) is 17.8 Å². The van der Waals surface area contributed by atoms with E-state index in [4.69, 9.17) is 0 Å². The summed E-state index contributed by atoms with van der Waals surface area (Å²) in [6, 6.07) is 4.21. The molecule has 2 aliphatic rings. The zero-order valence-electron chi connectivity index (χ0n) is 30.8. The summed E-state index contributed by atoms with van der Waals surface area (Å²) in [4.78, 5) is 82.7. The number of Topliss-reactive ketones (excluding diaryl/α,β-unsaturated/α-hetero) is 1. The maximum Gasteiger partial charge on any atom is 0.290 e. The van der Waals surface area contributed by atoms with Crippen LogP contribution in [0.15, 0.2) is 30.3 Å². The van der Waals surface area contributed by atoms with Crippen LogP contribution in [-0.4, -0.2) is 104 Å². The van der Waals surface area contributed by atoms with Crippen molar-refractivity contribution in [1.82, 2.24) is 30.5 Å². The molecule has 1 aliphatic carbocycles. The first kappa shape index (κ1) is 40.6. The Morgan fingerprint density at radius 1 is 1.00 bits per heavy atom. The molecule has 50 heavy (non-hydrogen) atoms. The van der Waals surface area contributed by atoms with Gasteiger partial charge in [-0.3, -0.25) is 28.8 Å². The lowest BCUT2D eigenvalue weighted by Crippen LogP contribution is -2.61. The molecule has 1 saturated carbocycles. The number of rotatable bonds is 15. The predicted molar refractivity (Wildman–Crippen MR) is 188 cm³/mol. The molecule has 1 unspecified atom stereocenters. The van der Waals surface area contributed by atoms with E-state index in [9.17, 15) is 37.2 Å². The molecule has 1 aromatic rings. The monoisotopic (exact) mass is 718 g/mol. The number of piperidine rings is 1. The second kappa shape index (κ2) is 15.6. The summed E-state index contributed by atoms with van der Waals surface area (Å²) in [5.41, 5.74) is -0.554. The molecule has 3 rings (SSSR count). The van der Waals surface area contributed by atoms with Gasteiger partial charge in [-0.1, -0.05) is 78.3 Å². The maximum atomic E-state index is 14.1. The number of hydrogen-bond acceptors (Lipinski definition) is 8. The van der Waals surface area contributed by atoms with Crippen molar-refractivity contribution in [1.29, 1.82) is 0 Å². The van der Waals surface area contributed by atoms with Gasteiger partial charge in [-0.15, -0.1) is 0 Å². The van der Waals surface area contributed by atoms with E-state index in [2.05, 4.69) is 20.7 Å². The van der Waals surface area contributed by atoms with E-state index >= 15 is 0 Å². The van der Waals surface area contributed by atoms with Crippen LogP contribution >= 0.6 is 0 Å². The molecule has 1 aliphatic heterocycles. The SMILES string of the molecule is CCCC(NC(=O)[C@@H]1[C@@H]2[C@H](CN1C(=O)[C@@H](NS(=O)(=O)C(C)C)C(C)(C)C)C2(C)C)C(=O)C(=O)NCC(=O)N[C@H](C(=O)N(C)C)c1ccccc1. The van der Waals surface area contributed by atoms with Gasteiger partial charge in [0, 0.05) is 20.6 Å². The Kier molecular flexibility index (Phi) is 12.6. The number of nitrogens with one attached hydrogen (secondary N) is 4. The quantitative estimate of drug-likeness (QED) is 0.194. The minimum Gasteiger partial charge on any atom is -0.347 e. The number of nitrogens with zero attached hydrogens (tertiary/aromatic N) is 2. The fourth-order valence-electron chi connectivity index (χ4n) is 6.50. The van der Waals surface area contributed by atoms with E-state index in [0.29, 0.717) is 12.0 Å². The van der Waals surface area contributed by atoms with E-state index in [1.54, 1.807) is 72.1 Å². The van der Waals surface area contributed by atoms with Crippen LogP contribution in [0.4, 0.5) is 0 Å². The zero-order valence-corrected chi connectivity index (χ0v) is 31.6. The molecule has 15 heteroatoms. The van der Waals surface area contributed by atoms with Crippen LogP contribution in [0.2, 0.25) is 0 Å². The number of sulfonamides is 1. The first-order chi connectivity index (χ1) is 23.1. The van der Waals surface area contributed by atoms with E-state index < -0.39 is 80.8 Å². The number of ketones is 1. The van der Waals surface area contributed by atoms with E-state index in [1.807, 2.05) is 13.8 Å². The van der Waals surface area contributed by atoms with Gasteiger partial charge in [-0.2, -0.15) is 0 Å². The van der Waals surface area contributed by atoms with Crippen molar-refractivity contribution in [3.63, 3.8) is 0 Å². The number of carbonyl (C=O) groups is 6. The second-order valence-corrected chi connectivity index (χ2v) is 17.7. The van der Waals surface area contributed by atoms with Crippen molar-refractivity contribution in [3.8, 4) is 0 Å². The normalized spacial score (nSPS) is 21.3. The molecule has 5 amide bonds. The van der Waals surface area contributed by atoms with Gasteiger partial charge in [-0.25, -0.2) is 13.1 Å². The summed E-state index contributed by atoms with van der Waals surface area (Å²) in [5.74, 6) is -4.52. The highest BCUT2D eigenvalue weighted by Gasteiger charge is 2.70. The Balaban J connectivity index is 1.75. The van der Waals surface area contributed by atoms with Gasteiger partial charge < -0.3 is 25.8 Å². The van der Waals surface area contributed by atoms with Crippen LogP contribution < -0.4 is 20.7 Å². The molecule has 4 N–H and O–H groups in total. The Morgan fingerprint density at radius 3 is 2.12 bits per heavy atom. The standard InChI is InChI=1S/C35H54N6O8S/c1-11-15-23(28(43)31(45)36-18-24(42)38-26(32(46)40(9)10)21-16-13-12-14-17-21)37-30(44)27-25-22(35(25,7)8)19-41(27)33(47)29(34(4,5)6)39-50(48,49)20(2)3/h12-14,16-17,20,22-23,25-27,29,39H,11,15,18-19H2,1-10H3,(H,36,45)(H,37,44)(H,38,42)/t22-,23?,25-,26-,27-,29+/m0/s1. The molecule has 6 atom stereocenters. The highest BCUT2D eigenvalue weighted by molar-refractivity contribution is 7.90. The van der Waals surface area contributed by atoms with Crippen LogP contribution in [0.3, 0.4) is 0 Å². The molecular weight excluding hydrogens is 664 g/mol. The molecule has 0 spiro atoms. The Bertz CT molecular complexity index is 1570. The maximum absolute atomic E-state index is 14.1. The molecule has 14 nitrogen and oxygen atoms in total. The number of likely N-dealkylation sites (N-methyl/N-ethyl adjacent to an activating group) is 1. The van der Waals surface area contributed by atoms with Crippen molar-refractivity contribution < 1.29 is 37.2 Å². The topological polar surface area (TPSA) is 191 Å². The molecule has 0 radical (unpaired) electrons. The average molecular weight is 719 g/mol. The zero-order chi connectivity index (χ0) is 37.9. The molecule has 278 valence electrons. The van der Waals surface area contributed by atoms with Gasteiger partial charge in [0.25, 0.3) is 5.91 Å². The largest absolute Gasteiger partial charge is 0.347 e. The van der Waals surface area contributed by atoms with Crippen molar-refractivity contribution in [2.24, 2.45) is 22.7 Å². The number of likely N-dealkylation sites (tertiary alicyclic amines) is 1. The summed E-state index contributed by atoms with van der Waals surface area (Å²) in [5, 5.41) is 6.82. The molecule has 1 heterocycles. The summed E-state index contributed by atoms with van der Waals surface area (Å²) in [6.45, 7) is 13.7. The third-order valence-corrected chi connectivity index (χ3v) is 11.6. The number of fused-ring (bicyclic) bond motifs is 1. The fraction of sp³-hybridized carbons (Fsp3) is 0.657. The van der Waals surface area contributed by atoms with Gasteiger partial charge in [0.2, 0.25) is 39.4 Å². The highest BCUT2D eigenvalue weighted by atomic mass is 32.2. The molecule has 0 aromatic heterocycles. The van der Waals surface area contributed by atoms with Crippen molar-refractivity contribution >= 4 is 45.3 Å². The second-order valence-electron chi connectivity index (χ2n) is 15.4. The molecule has 2 fully saturated rings. The van der Waals surface area contributed by atoms with Crippen molar-refractivity contribution in [2.45, 2.75) is 97.6 Å². The van der Waals surface area contributed by atoms with Gasteiger partial charge in [0.15, 0.2) is 0 Å². The Morgan fingerprint density at radius 2 is 1.60 bits per heavy atom. The number of benzene rings is 1. The first-order valence-electron chi connectivity index (χ1n) is 17.1. The number of carbonyl (C=O) groups excluding carboxylic acids is 6. The Labute approximate surface area is 295 Å². The third kappa shape index (κ3) is 9.08. The van der Waals surface area contributed by atoms with E-state index in [0.717, 1.165) is 0 Å². The molecule has 0 bridgehead atoms. The summed E-state index contributed by atoms with van der Waals surface area (Å²) in [7, 11) is -0.739. The minimum atomic E-state index is -3.84. The smallest absolute Gasteiger partial charge is 0.290 e. The van der Waals surface area contributed by atoms with Gasteiger partial charge in [-0.05, 0) is 48.5 Å². The summed E-state index contributed by atoms with van der Waals surface area (Å²) < 4.78 is 28.2. The highest BCUT2D eigenvalue weighted by Crippen LogP contribution is 2.65. The third-order valence-electron chi connectivity index (χ3n) is 9.75. The van der Waals surface area contributed by atoms with Crippen molar-refractivity contribution in [3.05, 3.63) is 35.9 Å². The van der Waals surface area contributed by atoms with E-state index in [1.165, 1.54) is 23.6 Å². The lowest BCUT2D eigenvalue weighted by molar-refractivity contribution is -0.145. The average Bonchev–Trinajstić information content (AvgIpc) is 3.33. The van der Waals surface area contributed by atoms with Gasteiger partial charge >= 0.3 is 0 Å². The number of amides is 5. The van der Waals surface area contributed by atoms with Crippen LogP contribution in [0.5, 0.6) is 0 Å². The molecule has 1 aromatic carbocycles. The predicted octanol–water partition coefficient (Wildman–Crippen LogP) is 1.13. The van der Waals surface area contributed by atoms with Crippen LogP contribution in [0, 0.1) is 22.7 Å². The minimum absolute atomic E-state index is 0.00856. The lowest BCUT2D eigenvalue weighted by Gasteiger charge is -2.38. The first-order valence-corrected chi connectivity index (χ1v) is 18.6. The number of hydrogen-bond donors (Lipinski definition) is 4.